The highest BCUT2D eigenvalue weighted by molar-refractivity contribution is 6.30. The van der Waals surface area contributed by atoms with Crippen molar-refractivity contribution in [3.05, 3.63) is 29.0 Å². The van der Waals surface area contributed by atoms with Crippen LogP contribution in [0.25, 0.3) is 0 Å². The Bertz CT molecular complexity index is 462. The van der Waals surface area contributed by atoms with Crippen LogP contribution < -0.4 is 0 Å². The Balaban J connectivity index is 1.86. The summed E-state index contributed by atoms with van der Waals surface area (Å²) in [6.45, 7) is 2.59. The van der Waals surface area contributed by atoms with E-state index in [9.17, 15) is 5.11 Å². The lowest BCUT2D eigenvalue weighted by molar-refractivity contribution is -0.846. The minimum absolute atomic E-state index is 0.345. The number of rotatable bonds is 2. The lowest BCUT2D eigenvalue weighted by Crippen LogP contribution is -2.68. The number of fused-ring (bicyclic) bond motifs is 3. The van der Waals surface area contributed by atoms with Crippen LogP contribution in [-0.2, 0) is 6.42 Å². The van der Waals surface area contributed by atoms with Crippen LogP contribution in [-0.4, -0.2) is 47.7 Å². The molecule has 0 spiro atoms. The molecule has 5 heteroatoms. The van der Waals surface area contributed by atoms with Gasteiger partial charge in [-0.15, -0.1) is 0 Å². The molecule has 3 fully saturated rings. The highest BCUT2D eigenvalue weighted by Crippen LogP contribution is 2.41. The molecule has 0 saturated carbocycles. The number of quaternary nitrogens is 1. The van der Waals surface area contributed by atoms with E-state index in [4.69, 9.17) is 19.6 Å². The van der Waals surface area contributed by atoms with E-state index in [1.807, 2.05) is 12.1 Å². The normalized spacial score (nSPS) is 38.9. The number of piperidine rings is 3. The Morgan fingerprint density at radius 1 is 1.50 bits per heavy atom. The molecule has 3 aliphatic heterocycles. The number of hydrogen-bond donors (Lipinski definition) is 1. The van der Waals surface area contributed by atoms with Crippen molar-refractivity contribution in [1.29, 1.82) is 0 Å². The summed E-state index contributed by atoms with van der Waals surface area (Å²) in [5, 5.41) is 11.4. The number of aromatic nitrogens is 1. The molecule has 2 bridgehead atoms. The predicted octanol–water partition coefficient (Wildman–Crippen LogP) is 1.33. The maximum Gasteiger partial charge on any atom is 0.481 e. The van der Waals surface area contributed by atoms with Crippen molar-refractivity contribution in [2.45, 2.75) is 24.9 Å². The van der Waals surface area contributed by atoms with Crippen LogP contribution in [0.5, 0.6) is 0 Å². The SMILES string of the molecule is [B][N+]12CCC(CC1)C(O)(Cc1cccnc1Cl)C2. The van der Waals surface area contributed by atoms with Gasteiger partial charge in [0.25, 0.3) is 0 Å². The summed E-state index contributed by atoms with van der Waals surface area (Å²) < 4.78 is 0.505. The van der Waals surface area contributed by atoms with Crippen LogP contribution in [0.1, 0.15) is 18.4 Å². The topological polar surface area (TPSA) is 33.1 Å². The van der Waals surface area contributed by atoms with Gasteiger partial charge >= 0.3 is 7.98 Å². The van der Waals surface area contributed by atoms with Gasteiger partial charge in [-0.05, 0) is 11.6 Å². The zero-order chi connectivity index (χ0) is 12.8. The van der Waals surface area contributed by atoms with Gasteiger partial charge in [-0.25, -0.2) is 4.98 Å². The molecule has 3 nitrogen and oxygen atoms in total. The van der Waals surface area contributed by atoms with E-state index in [1.165, 1.54) is 0 Å². The van der Waals surface area contributed by atoms with Crippen LogP contribution in [0.4, 0.5) is 0 Å². The fraction of sp³-hybridized carbons (Fsp3) is 0.615. The van der Waals surface area contributed by atoms with E-state index in [0.29, 0.717) is 28.4 Å². The zero-order valence-electron chi connectivity index (χ0n) is 10.3. The molecule has 1 unspecified atom stereocenters. The van der Waals surface area contributed by atoms with Crippen molar-refractivity contribution in [3.63, 3.8) is 0 Å². The van der Waals surface area contributed by atoms with Crippen molar-refractivity contribution in [2.75, 3.05) is 19.6 Å². The van der Waals surface area contributed by atoms with Crippen molar-refractivity contribution in [2.24, 2.45) is 5.92 Å². The molecule has 0 amide bonds. The summed E-state index contributed by atoms with van der Waals surface area (Å²) >= 11 is 6.08. The first-order valence-corrected chi connectivity index (χ1v) is 6.85. The first kappa shape index (κ1) is 12.5. The second kappa shape index (κ2) is 4.22. The average Bonchev–Trinajstić information content (AvgIpc) is 2.32. The van der Waals surface area contributed by atoms with Crippen LogP contribution in [0.15, 0.2) is 18.3 Å². The molecule has 1 atom stereocenters. The van der Waals surface area contributed by atoms with E-state index in [1.54, 1.807) is 6.20 Å². The van der Waals surface area contributed by atoms with E-state index >= 15 is 0 Å². The highest BCUT2D eigenvalue weighted by atomic mass is 35.5. The average molecular weight is 264 g/mol. The highest BCUT2D eigenvalue weighted by Gasteiger charge is 2.52. The molecule has 1 aromatic rings. The third-order valence-corrected chi connectivity index (χ3v) is 4.87. The number of halogens is 1. The molecule has 3 aliphatic rings. The Hall–Kier alpha value is -0.575. The summed E-state index contributed by atoms with van der Waals surface area (Å²) in [5.74, 6) is 0.345. The van der Waals surface area contributed by atoms with Gasteiger partial charge < -0.3 is 9.50 Å². The summed E-state index contributed by atoms with van der Waals surface area (Å²) in [6, 6.07) is 3.80. The molecule has 94 valence electrons. The van der Waals surface area contributed by atoms with Gasteiger partial charge in [0.05, 0.1) is 19.6 Å². The molecule has 18 heavy (non-hydrogen) atoms. The minimum Gasteiger partial charge on any atom is -0.394 e. The third-order valence-electron chi connectivity index (χ3n) is 4.53. The lowest BCUT2D eigenvalue weighted by atomic mass is 9.69. The van der Waals surface area contributed by atoms with Gasteiger partial charge in [-0.2, -0.15) is 0 Å². The van der Waals surface area contributed by atoms with Gasteiger partial charge in [0, 0.05) is 31.4 Å². The van der Waals surface area contributed by atoms with Gasteiger partial charge in [0.15, 0.2) is 0 Å². The molecule has 4 rings (SSSR count). The molecular formula is C13H17BClN2O+. The van der Waals surface area contributed by atoms with E-state index in [2.05, 4.69) is 4.98 Å². The second-order valence-electron chi connectivity index (χ2n) is 5.83. The fourth-order valence-electron chi connectivity index (χ4n) is 3.53. The van der Waals surface area contributed by atoms with Gasteiger partial charge in [-0.3, -0.25) is 0 Å². The first-order valence-electron chi connectivity index (χ1n) is 6.47. The van der Waals surface area contributed by atoms with Crippen molar-refractivity contribution in [3.8, 4) is 0 Å². The summed E-state index contributed by atoms with van der Waals surface area (Å²) in [6.07, 6.45) is 4.24. The molecule has 0 aromatic carbocycles. The number of nitrogens with zero attached hydrogens (tertiary/aromatic N) is 2. The van der Waals surface area contributed by atoms with Crippen LogP contribution in [0, 0.1) is 5.92 Å². The quantitative estimate of drug-likeness (QED) is 0.645. The molecule has 3 saturated heterocycles. The maximum atomic E-state index is 10.9. The minimum atomic E-state index is -0.724. The van der Waals surface area contributed by atoms with Crippen molar-refractivity contribution < 1.29 is 9.50 Å². The third kappa shape index (κ3) is 2.06. The number of aliphatic hydroxyl groups is 1. The predicted molar refractivity (Wildman–Crippen MR) is 71.2 cm³/mol. The molecule has 0 aliphatic carbocycles. The Morgan fingerprint density at radius 3 is 2.83 bits per heavy atom. The van der Waals surface area contributed by atoms with Gasteiger partial charge in [0.2, 0.25) is 0 Å². The van der Waals surface area contributed by atoms with Gasteiger partial charge in [0.1, 0.15) is 10.8 Å². The van der Waals surface area contributed by atoms with Gasteiger partial charge in [-0.1, -0.05) is 17.7 Å². The molecule has 4 heterocycles. The second-order valence-corrected chi connectivity index (χ2v) is 6.19. The van der Waals surface area contributed by atoms with E-state index < -0.39 is 5.60 Å². The molecule has 1 N–H and O–H groups in total. The van der Waals surface area contributed by atoms with Crippen LogP contribution in [0.2, 0.25) is 5.15 Å². The molecule has 2 radical (unpaired) electrons. The maximum absolute atomic E-state index is 10.9. The number of hydrogen-bond acceptors (Lipinski definition) is 2. The van der Waals surface area contributed by atoms with Crippen molar-refractivity contribution in [1.82, 2.24) is 4.98 Å². The Kier molecular flexibility index (Phi) is 2.92. The monoisotopic (exact) mass is 263 g/mol. The summed E-state index contributed by atoms with van der Waals surface area (Å²) in [7, 11) is 6.29. The van der Waals surface area contributed by atoms with Crippen molar-refractivity contribution >= 4 is 19.6 Å². The first-order chi connectivity index (χ1) is 8.51. The summed E-state index contributed by atoms with van der Waals surface area (Å²) in [5.41, 5.74) is 0.194. The molecule has 1 aromatic heterocycles. The lowest BCUT2D eigenvalue weighted by Gasteiger charge is -2.55. The fourth-order valence-corrected chi connectivity index (χ4v) is 3.72. The smallest absolute Gasteiger partial charge is 0.394 e. The van der Waals surface area contributed by atoms with E-state index in [-0.39, 0.29) is 0 Å². The standard InChI is InChI=1S/C13H17BClN2O/c14-17-6-3-11(4-7-17)13(18,9-17)8-10-2-1-5-16-12(10)15/h1-2,5,11,18H,3-4,6-9H2/q+1. The Morgan fingerprint density at radius 2 is 2.22 bits per heavy atom. The number of pyridine rings is 1. The largest absolute Gasteiger partial charge is 0.481 e. The zero-order valence-corrected chi connectivity index (χ0v) is 11.1. The van der Waals surface area contributed by atoms with Crippen LogP contribution in [0.3, 0.4) is 0 Å². The summed E-state index contributed by atoms with van der Waals surface area (Å²) in [4.78, 5) is 4.07. The molecular weight excluding hydrogens is 246 g/mol. The van der Waals surface area contributed by atoms with Crippen LogP contribution >= 0.6 is 11.6 Å². The Labute approximate surface area is 114 Å². The van der Waals surface area contributed by atoms with E-state index in [0.717, 1.165) is 31.5 Å².